The molecule has 0 radical (unpaired) electrons. The number of hydrogen-bond acceptors (Lipinski definition) is 2. The number of anilines is 1. The molecule has 22 heavy (non-hydrogen) atoms. The van der Waals surface area contributed by atoms with Crippen LogP contribution in [0.4, 0.5) is 5.69 Å². The van der Waals surface area contributed by atoms with Gasteiger partial charge in [-0.3, -0.25) is 4.79 Å². The van der Waals surface area contributed by atoms with E-state index in [1.807, 2.05) is 18.6 Å². The van der Waals surface area contributed by atoms with Crippen molar-refractivity contribution >= 4 is 17.2 Å². The standard InChI is InChI=1S/C18H21N3O/c1-13(2)9-16(11-21-8-7-19-12-21)14-3-5-17-15(10-14)4-6-18(22)20-17/h3,5,7-10,12-13H,4,6,11H2,1-2H3,(H,20,22). The van der Waals surface area contributed by atoms with Crippen molar-refractivity contribution in [3.8, 4) is 0 Å². The molecule has 0 spiro atoms. The van der Waals surface area contributed by atoms with Crippen molar-refractivity contribution < 1.29 is 4.79 Å². The smallest absolute Gasteiger partial charge is 0.224 e. The highest BCUT2D eigenvalue weighted by Gasteiger charge is 2.15. The van der Waals surface area contributed by atoms with E-state index in [0.717, 1.165) is 18.7 Å². The largest absolute Gasteiger partial charge is 0.333 e. The van der Waals surface area contributed by atoms with Crippen LogP contribution in [0.3, 0.4) is 0 Å². The zero-order chi connectivity index (χ0) is 15.5. The minimum absolute atomic E-state index is 0.108. The van der Waals surface area contributed by atoms with Crippen LogP contribution in [0.15, 0.2) is 43.0 Å². The highest BCUT2D eigenvalue weighted by Crippen LogP contribution is 2.28. The van der Waals surface area contributed by atoms with E-state index in [9.17, 15) is 4.79 Å². The van der Waals surface area contributed by atoms with Gasteiger partial charge in [-0.25, -0.2) is 4.98 Å². The van der Waals surface area contributed by atoms with Crippen LogP contribution in [0.2, 0.25) is 0 Å². The van der Waals surface area contributed by atoms with Gasteiger partial charge >= 0.3 is 0 Å². The van der Waals surface area contributed by atoms with Gasteiger partial charge in [0.2, 0.25) is 5.91 Å². The van der Waals surface area contributed by atoms with Crippen molar-refractivity contribution in [2.45, 2.75) is 33.2 Å². The van der Waals surface area contributed by atoms with Crippen LogP contribution in [0, 0.1) is 5.92 Å². The summed E-state index contributed by atoms with van der Waals surface area (Å²) in [7, 11) is 0. The number of aromatic nitrogens is 2. The molecule has 3 rings (SSSR count). The van der Waals surface area contributed by atoms with Gasteiger partial charge in [0.25, 0.3) is 0 Å². The molecular weight excluding hydrogens is 274 g/mol. The zero-order valence-corrected chi connectivity index (χ0v) is 13.0. The second-order valence-electron chi connectivity index (χ2n) is 6.09. The Kier molecular flexibility index (Phi) is 4.09. The molecule has 0 bridgehead atoms. The number of fused-ring (bicyclic) bond motifs is 1. The summed E-state index contributed by atoms with van der Waals surface area (Å²) in [5, 5.41) is 2.94. The Balaban J connectivity index is 1.93. The fourth-order valence-corrected chi connectivity index (χ4v) is 2.80. The molecule has 0 saturated carbocycles. The number of nitrogens with one attached hydrogen (secondary N) is 1. The molecule has 1 aromatic carbocycles. The highest BCUT2D eigenvalue weighted by atomic mass is 16.1. The van der Waals surface area contributed by atoms with Gasteiger partial charge in [-0.15, -0.1) is 0 Å². The second-order valence-corrected chi connectivity index (χ2v) is 6.09. The number of hydrogen-bond donors (Lipinski definition) is 1. The normalized spacial score (nSPS) is 14.9. The van der Waals surface area contributed by atoms with Gasteiger partial charge in [0, 0.05) is 31.0 Å². The predicted octanol–water partition coefficient (Wildman–Crippen LogP) is 3.51. The van der Waals surface area contributed by atoms with Crippen LogP contribution in [0.25, 0.3) is 5.57 Å². The Morgan fingerprint density at radius 1 is 1.41 bits per heavy atom. The maximum absolute atomic E-state index is 11.5. The summed E-state index contributed by atoms with van der Waals surface area (Å²) in [4.78, 5) is 15.6. The van der Waals surface area contributed by atoms with E-state index < -0.39 is 0 Å². The topological polar surface area (TPSA) is 46.9 Å². The van der Waals surface area contributed by atoms with Crippen LogP contribution in [-0.4, -0.2) is 15.5 Å². The third kappa shape index (κ3) is 3.27. The van der Waals surface area contributed by atoms with Crippen molar-refractivity contribution in [2.75, 3.05) is 5.32 Å². The molecule has 0 unspecified atom stereocenters. The fraction of sp³-hybridized carbons (Fsp3) is 0.333. The molecule has 2 aromatic rings. The molecule has 4 nitrogen and oxygen atoms in total. The molecule has 1 aliphatic rings. The van der Waals surface area contributed by atoms with Crippen molar-refractivity contribution in [3.63, 3.8) is 0 Å². The predicted molar refractivity (Wildman–Crippen MR) is 88.4 cm³/mol. The van der Waals surface area contributed by atoms with Crippen molar-refractivity contribution in [3.05, 3.63) is 54.1 Å². The molecule has 0 atom stereocenters. The minimum atomic E-state index is 0.108. The molecule has 0 aliphatic carbocycles. The number of rotatable bonds is 4. The summed E-state index contributed by atoms with van der Waals surface area (Å²) < 4.78 is 2.08. The molecule has 114 valence electrons. The average Bonchev–Trinajstić information content (AvgIpc) is 2.98. The first-order chi connectivity index (χ1) is 10.6. The van der Waals surface area contributed by atoms with Crippen LogP contribution in [0.1, 0.15) is 31.4 Å². The molecule has 4 heteroatoms. The van der Waals surface area contributed by atoms with Crippen LogP contribution in [0.5, 0.6) is 0 Å². The van der Waals surface area contributed by atoms with Gasteiger partial charge in [0.15, 0.2) is 0 Å². The van der Waals surface area contributed by atoms with E-state index in [1.54, 1.807) is 6.20 Å². The van der Waals surface area contributed by atoms with Gasteiger partial charge in [0.05, 0.1) is 6.33 Å². The number of carbonyl (C=O) groups excluding carboxylic acids is 1. The molecule has 0 fully saturated rings. The number of imidazole rings is 1. The first-order valence-electron chi connectivity index (χ1n) is 7.71. The van der Waals surface area contributed by atoms with E-state index in [1.165, 1.54) is 16.7 Å². The lowest BCUT2D eigenvalue weighted by atomic mass is 9.95. The third-order valence-electron chi connectivity index (χ3n) is 3.82. The third-order valence-corrected chi connectivity index (χ3v) is 3.82. The molecular formula is C18H21N3O. The van der Waals surface area contributed by atoms with Gasteiger partial charge < -0.3 is 9.88 Å². The number of benzene rings is 1. The minimum Gasteiger partial charge on any atom is -0.333 e. The Morgan fingerprint density at radius 3 is 3.00 bits per heavy atom. The molecule has 2 heterocycles. The Labute approximate surface area is 130 Å². The first-order valence-corrected chi connectivity index (χ1v) is 7.71. The van der Waals surface area contributed by atoms with E-state index >= 15 is 0 Å². The second kappa shape index (κ2) is 6.18. The molecule has 0 saturated heterocycles. The maximum Gasteiger partial charge on any atom is 0.224 e. The number of aryl methyl sites for hydroxylation is 1. The lowest BCUT2D eigenvalue weighted by Crippen LogP contribution is -2.19. The lowest BCUT2D eigenvalue weighted by molar-refractivity contribution is -0.116. The fourth-order valence-electron chi connectivity index (χ4n) is 2.80. The van der Waals surface area contributed by atoms with E-state index in [-0.39, 0.29) is 5.91 Å². The Morgan fingerprint density at radius 2 is 2.27 bits per heavy atom. The SMILES string of the molecule is CC(C)C=C(Cn1ccnc1)c1ccc2c(c1)CCC(=O)N2. The van der Waals surface area contributed by atoms with Crippen molar-refractivity contribution in [1.82, 2.24) is 9.55 Å². The molecule has 1 N–H and O–H groups in total. The van der Waals surface area contributed by atoms with Crippen molar-refractivity contribution in [1.29, 1.82) is 0 Å². The van der Waals surface area contributed by atoms with Gasteiger partial charge in [-0.2, -0.15) is 0 Å². The molecule has 1 aliphatic heterocycles. The van der Waals surface area contributed by atoms with Crippen LogP contribution < -0.4 is 5.32 Å². The summed E-state index contributed by atoms with van der Waals surface area (Å²) in [6, 6.07) is 6.32. The van der Waals surface area contributed by atoms with E-state index in [0.29, 0.717) is 12.3 Å². The number of carbonyl (C=O) groups is 1. The van der Waals surface area contributed by atoms with E-state index in [4.69, 9.17) is 0 Å². The highest BCUT2D eigenvalue weighted by molar-refractivity contribution is 5.94. The van der Waals surface area contributed by atoms with Gasteiger partial charge in [-0.05, 0) is 41.2 Å². The van der Waals surface area contributed by atoms with Crippen molar-refractivity contribution in [2.24, 2.45) is 5.92 Å². The quantitative estimate of drug-likeness (QED) is 0.938. The zero-order valence-electron chi connectivity index (χ0n) is 13.0. The average molecular weight is 295 g/mol. The number of allylic oxidation sites excluding steroid dienone is 2. The van der Waals surface area contributed by atoms with E-state index in [2.05, 4.69) is 46.9 Å². The Hall–Kier alpha value is -2.36. The number of nitrogens with zero attached hydrogens (tertiary/aromatic N) is 2. The summed E-state index contributed by atoms with van der Waals surface area (Å²) >= 11 is 0. The lowest BCUT2D eigenvalue weighted by Gasteiger charge is -2.19. The Bertz CT molecular complexity index is 699. The van der Waals surface area contributed by atoms with Gasteiger partial charge in [-0.1, -0.05) is 26.0 Å². The summed E-state index contributed by atoms with van der Waals surface area (Å²) in [5.74, 6) is 0.589. The summed E-state index contributed by atoms with van der Waals surface area (Å²) in [6.45, 7) is 5.18. The van der Waals surface area contributed by atoms with Crippen LogP contribution >= 0.6 is 0 Å². The number of amides is 1. The summed E-state index contributed by atoms with van der Waals surface area (Å²) in [5.41, 5.74) is 4.67. The molecule has 1 amide bonds. The monoisotopic (exact) mass is 295 g/mol. The van der Waals surface area contributed by atoms with Crippen LogP contribution in [-0.2, 0) is 17.8 Å². The maximum atomic E-state index is 11.5. The van der Waals surface area contributed by atoms with Gasteiger partial charge in [0.1, 0.15) is 0 Å². The molecule has 1 aromatic heterocycles. The summed E-state index contributed by atoms with van der Waals surface area (Å²) in [6.07, 6.45) is 9.30. The first kappa shape index (κ1) is 14.6.